The minimum atomic E-state index is -0.565. The molecule has 0 amide bonds. The maximum atomic E-state index is 16.5. The van der Waals surface area contributed by atoms with E-state index in [1.165, 1.54) is 0 Å². The van der Waals surface area contributed by atoms with E-state index in [1.807, 2.05) is 0 Å². The van der Waals surface area contributed by atoms with Gasteiger partial charge in [-0.05, 0) is 50.9 Å². The normalized spacial score (nSPS) is 25.7. The number of aliphatic hydroxyl groups is 1. The van der Waals surface area contributed by atoms with Crippen LogP contribution in [-0.2, 0) is 4.74 Å². The lowest BCUT2D eigenvalue weighted by Gasteiger charge is -2.51. The number of H-pyrrole nitrogens is 1. The molecule has 0 radical (unpaired) electrons. The first-order valence-electron chi connectivity index (χ1n) is 14.4. The third kappa shape index (κ3) is 4.16. The number of fused-ring (bicyclic) bond motifs is 3. The average Bonchev–Trinajstić information content (AvgIpc) is 3.67. The molecule has 1 aromatic carbocycles. The number of nitrogens with one attached hydrogen (secondary N) is 1. The fourth-order valence-corrected chi connectivity index (χ4v) is 7.68. The van der Waals surface area contributed by atoms with Crippen molar-refractivity contribution in [1.29, 1.82) is 0 Å². The monoisotopic (exact) mass is 579 g/mol. The largest absolute Gasteiger partial charge is 0.461 e. The second-order valence-corrected chi connectivity index (χ2v) is 12.5. The minimum absolute atomic E-state index is 0.000797. The van der Waals surface area contributed by atoms with Gasteiger partial charge in [-0.25, -0.2) is 4.39 Å². The first-order chi connectivity index (χ1) is 19.9. The van der Waals surface area contributed by atoms with Gasteiger partial charge in [0.05, 0.1) is 41.0 Å². The Labute approximate surface area is 240 Å². The Bertz CT molecular complexity index is 1640. The van der Waals surface area contributed by atoms with E-state index < -0.39 is 11.4 Å². The van der Waals surface area contributed by atoms with Crippen molar-refractivity contribution in [2.45, 2.75) is 55.8 Å². The van der Waals surface area contributed by atoms with Crippen molar-refractivity contribution in [3.8, 4) is 17.3 Å². The Balaban J connectivity index is 1.23. The highest BCUT2D eigenvalue weighted by Crippen LogP contribution is 2.42. The first-order valence-corrected chi connectivity index (χ1v) is 14.7. The van der Waals surface area contributed by atoms with E-state index in [2.05, 4.69) is 30.0 Å². The second kappa shape index (κ2) is 9.45. The first kappa shape index (κ1) is 25.6. The lowest BCUT2D eigenvalue weighted by atomic mass is 9.76. The molecule has 1 spiro atoms. The van der Waals surface area contributed by atoms with Crippen LogP contribution in [0.15, 0.2) is 24.5 Å². The molecule has 0 atom stereocenters. The molecule has 4 fully saturated rings. The summed E-state index contributed by atoms with van der Waals surface area (Å²) in [6.07, 6.45) is 8.52. The number of aliphatic hydroxyl groups excluding tert-OH is 1. The molecule has 4 aliphatic rings. The molecule has 214 valence electrons. The van der Waals surface area contributed by atoms with Gasteiger partial charge in [0, 0.05) is 48.1 Å². The molecule has 1 aliphatic carbocycles. The highest BCUT2D eigenvalue weighted by Gasteiger charge is 2.48. The van der Waals surface area contributed by atoms with Gasteiger partial charge in [-0.2, -0.15) is 15.1 Å². The van der Waals surface area contributed by atoms with E-state index in [9.17, 15) is 5.11 Å². The Hall–Kier alpha value is -3.12. The highest BCUT2D eigenvalue weighted by atomic mass is 35.5. The number of aromatic amines is 1. The number of hydrogen-bond acceptors (Lipinski definition) is 9. The molecule has 6 heterocycles. The van der Waals surface area contributed by atoms with E-state index in [0.29, 0.717) is 71.8 Å². The minimum Gasteiger partial charge on any atom is -0.461 e. The van der Waals surface area contributed by atoms with Crippen LogP contribution in [0, 0.1) is 5.82 Å². The molecule has 0 unspecified atom stereocenters. The molecule has 2 N–H and O–H groups in total. The number of nitrogens with zero attached hydrogens (tertiary/aromatic N) is 6. The standard InChI is InChI=1S/C29H31ClFN7O3/c30-17-9-19(20-14-33-36-22(20)10-17)24-23(31)25-21(13-32-24)26(37-7-8-41-29(15-37)11-18(39)12-29)35-27(34-25)40-16-28-3-1-5-38(28)6-2-4-28/h9-10,13-14,18,39H,1-8,11-12,15-16H2,(H,33,36). The van der Waals surface area contributed by atoms with Crippen LogP contribution in [0.5, 0.6) is 6.01 Å². The van der Waals surface area contributed by atoms with E-state index >= 15 is 4.39 Å². The Morgan fingerprint density at radius 2 is 1.95 bits per heavy atom. The van der Waals surface area contributed by atoms with Crippen LogP contribution in [-0.4, -0.2) is 91.8 Å². The van der Waals surface area contributed by atoms with Gasteiger partial charge in [-0.3, -0.25) is 15.0 Å². The van der Waals surface area contributed by atoms with Crippen LogP contribution in [0.3, 0.4) is 0 Å². The van der Waals surface area contributed by atoms with E-state index in [1.54, 1.807) is 24.5 Å². The lowest BCUT2D eigenvalue weighted by molar-refractivity contribution is -0.159. The fraction of sp³-hybridized carbons (Fsp3) is 0.517. The number of morpholine rings is 1. The molecule has 3 aliphatic heterocycles. The lowest BCUT2D eigenvalue weighted by Crippen LogP contribution is -2.60. The highest BCUT2D eigenvalue weighted by molar-refractivity contribution is 6.31. The van der Waals surface area contributed by atoms with Crippen molar-refractivity contribution >= 4 is 39.2 Å². The molecule has 3 aromatic heterocycles. The summed E-state index contributed by atoms with van der Waals surface area (Å²) in [5.74, 6) is 0.00287. The van der Waals surface area contributed by atoms with Gasteiger partial charge in [0.2, 0.25) is 0 Å². The van der Waals surface area contributed by atoms with Gasteiger partial charge >= 0.3 is 6.01 Å². The summed E-state index contributed by atoms with van der Waals surface area (Å²) in [5, 5.41) is 18.7. The fourth-order valence-electron chi connectivity index (χ4n) is 7.46. The van der Waals surface area contributed by atoms with Crippen molar-refractivity contribution in [1.82, 2.24) is 30.0 Å². The quantitative estimate of drug-likeness (QED) is 0.361. The summed E-state index contributed by atoms with van der Waals surface area (Å²) in [4.78, 5) is 18.7. The van der Waals surface area contributed by atoms with Crippen molar-refractivity contribution in [2.75, 3.05) is 44.3 Å². The van der Waals surface area contributed by atoms with Gasteiger partial charge < -0.3 is 19.5 Å². The third-order valence-electron chi connectivity index (χ3n) is 9.47. The van der Waals surface area contributed by atoms with Crippen molar-refractivity contribution in [2.24, 2.45) is 0 Å². The molecule has 3 saturated heterocycles. The Morgan fingerprint density at radius 1 is 1.12 bits per heavy atom. The average molecular weight is 580 g/mol. The smallest absolute Gasteiger partial charge is 0.319 e. The predicted octanol–water partition coefficient (Wildman–Crippen LogP) is 4.10. The number of halogens is 2. The van der Waals surface area contributed by atoms with Gasteiger partial charge in [-0.1, -0.05) is 11.6 Å². The van der Waals surface area contributed by atoms with Crippen molar-refractivity contribution in [3.05, 3.63) is 35.4 Å². The number of aromatic nitrogens is 5. The summed E-state index contributed by atoms with van der Waals surface area (Å²) in [7, 11) is 0. The molecule has 10 nitrogen and oxygen atoms in total. The predicted molar refractivity (Wildman–Crippen MR) is 152 cm³/mol. The SMILES string of the molecule is OC1CC2(C1)CN(c1nc(OCC34CCCN3CCC4)nc3c(F)c(-c4cc(Cl)cc5[nH]ncc45)ncc13)CCO2. The molecule has 41 heavy (non-hydrogen) atoms. The molecular formula is C29H31ClFN7O3. The Kier molecular flexibility index (Phi) is 5.90. The van der Waals surface area contributed by atoms with Crippen LogP contribution >= 0.6 is 11.6 Å². The topological polar surface area (TPSA) is 113 Å². The number of benzene rings is 1. The molecule has 8 rings (SSSR count). The second-order valence-electron chi connectivity index (χ2n) is 12.0. The zero-order valence-electron chi connectivity index (χ0n) is 22.6. The number of anilines is 1. The number of ether oxygens (including phenoxy) is 2. The molecule has 12 heteroatoms. The maximum absolute atomic E-state index is 16.5. The number of hydrogen-bond donors (Lipinski definition) is 2. The summed E-state index contributed by atoms with van der Waals surface area (Å²) in [6.45, 7) is 4.25. The summed E-state index contributed by atoms with van der Waals surface area (Å²) >= 11 is 6.37. The summed E-state index contributed by atoms with van der Waals surface area (Å²) in [6, 6.07) is 3.60. The summed E-state index contributed by atoms with van der Waals surface area (Å²) < 4.78 is 28.9. The van der Waals surface area contributed by atoms with E-state index in [4.69, 9.17) is 26.1 Å². The third-order valence-corrected chi connectivity index (χ3v) is 9.68. The van der Waals surface area contributed by atoms with Crippen LogP contribution < -0.4 is 9.64 Å². The summed E-state index contributed by atoms with van der Waals surface area (Å²) in [5.41, 5.74) is 1.08. The van der Waals surface area contributed by atoms with Gasteiger partial charge in [0.15, 0.2) is 5.82 Å². The van der Waals surface area contributed by atoms with Gasteiger partial charge in [0.1, 0.15) is 23.6 Å². The molecule has 0 bridgehead atoms. The molecule has 4 aromatic rings. The van der Waals surface area contributed by atoms with Crippen LogP contribution in [0.4, 0.5) is 10.2 Å². The van der Waals surface area contributed by atoms with Crippen LogP contribution in [0.2, 0.25) is 5.02 Å². The van der Waals surface area contributed by atoms with Crippen LogP contribution in [0.1, 0.15) is 38.5 Å². The van der Waals surface area contributed by atoms with Gasteiger partial charge in [0.25, 0.3) is 0 Å². The van der Waals surface area contributed by atoms with Crippen molar-refractivity contribution in [3.63, 3.8) is 0 Å². The number of pyridine rings is 1. The Morgan fingerprint density at radius 3 is 2.76 bits per heavy atom. The maximum Gasteiger partial charge on any atom is 0.319 e. The van der Waals surface area contributed by atoms with E-state index in [-0.39, 0.29) is 28.9 Å². The zero-order valence-corrected chi connectivity index (χ0v) is 23.3. The number of rotatable bonds is 5. The zero-order chi connectivity index (χ0) is 27.8. The van der Waals surface area contributed by atoms with Gasteiger partial charge in [-0.15, -0.1) is 0 Å². The van der Waals surface area contributed by atoms with Crippen LogP contribution in [0.25, 0.3) is 33.1 Å². The molecule has 1 saturated carbocycles. The molecular weight excluding hydrogens is 549 g/mol. The van der Waals surface area contributed by atoms with Crippen molar-refractivity contribution < 1.29 is 19.0 Å². The van der Waals surface area contributed by atoms with E-state index in [0.717, 1.165) is 38.8 Å².